The molecule has 21 heteroatoms. The van der Waals surface area contributed by atoms with Gasteiger partial charge in [-0.05, 0) is 91.1 Å². The van der Waals surface area contributed by atoms with Crippen molar-refractivity contribution in [1.29, 1.82) is 0 Å². The molecule has 4 amide bonds. The number of aryl methyl sites for hydroxylation is 1. The van der Waals surface area contributed by atoms with E-state index in [0.717, 1.165) is 45.7 Å². The molecule has 1 saturated heterocycles. The summed E-state index contributed by atoms with van der Waals surface area (Å²) >= 11 is 8.02. The number of β-amino-alcohol motifs (C(OH)–C–C–N with tert-alkyl or cyclic N) is 1. The van der Waals surface area contributed by atoms with Crippen LogP contribution in [0.4, 0.5) is 16.0 Å². The van der Waals surface area contributed by atoms with Crippen LogP contribution in [0.3, 0.4) is 0 Å². The van der Waals surface area contributed by atoms with E-state index < -0.39 is 69.5 Å². The number of carbonyl (C=O) groups excluding carboxylic acids is 4. The van der Waals surface area contributed by atoms with Crippen LogP contribution in [0.25, 0.3) is 32.8 Å². The number of amides is 4. The Morgan fingerprint density at radius 1 is 0.896 bits per heavy atom. The van der Waals surface area contributed by atoms with Gasteiger partial charge in [-0.15, -0.1) is 11.3 Å². The largest absolute Gasteiger partial charge is 0.493 e. The number of benzene rings is 4. The minimum Gasteiger partial charge on any atom is -0.493 e. The van der Waals surface area contributed by atoms with Gasteiger partial charge in [0.15, 0.2) is 5.67 Å². The summed E-state index contributed by atoms with van der Waals surface area (Å²) in [5.41, 5.74) is 5.35. The van der Waals surface area contributed by atoms with Crippen LogP contribution < -0.4 is 30.7 Å². The second-order valence-electron chi connectivity index (χ2n) is 20.4. The number of hydrogen-bond acceptors (Lipinski definition) is 13. The number of nitrogens with one attached hydrogen (secondary N) is 5. The molecule has 8 rings (SSSR count). The second-order valence-corrected chi connectivity index (χ2v) is 23.4. The molecule has 4 aromatic carbocycles. The van der Waals surface area contributed by atoms with Crippen molar-refractivity contribution in [2.75, 3.05) is 31.6 Å². The molecule has 3 heterocycles. The third-order valence-electron chi connectivity index (χ3n) is 13.4. The van der Waals surface area contributed by atoms with Gasteiger partial charge in [0.05, 0.1) is 57.1 Å². The zero-order chi connectivity index (χ0) is 54.9. The van der Waals surface area contributed by atoms with Gasteiger partial charge in [0.25, 0.3) is 5.91 Å². The summed E-state index contributed by atoms with van der Waals surface area (Å²) in [6, 6.07) is 27.4. The fraction of sp³-hybridized carbons (Fsp3) is 0.375. The zero-order valence-corrected chi connectivity index (χ0v) is 45.7. The molecule has 1 saturated carbocycles. The first-order chi connectivity index (χ1) is 36.8. The Balaban J connectivity index is 0.773. The molecule has 2 aromatic heterocycles. The molecule has 0 radical (unpaired) electrons. The first-order valence-electron chi connectivity index (χ1n) is 25.5. The number of halogens is 2. The number of sulfonamides is 1. The number of carbonyl (C=O) groups is 4. The molecule has 406 valence electrons. The molecular weight excluding hydrogens is 1050 g/mol. The maximum atomic E-state index is 14.7. The summed E-state index contributed by atoms with van der Waals surface area (Å²) in [7, 11) is -4.01. The molecule has 6 N–H and O–H groups in total. The van der Waals surface area contributed by atoms with Crippen LogP contribution in [0.5, 0.6) is 5.75 Å². The number of thiazole rings is 1. The van der Waals surface area contributed by atoms with E-state index in [2.05, 4.69) is 40.9 Å². The standard InChI is InChI=1S/C56H63ClFN9O8S2/c1-35-49(76-34-62-35)39-17-18-40(30-60-51(70)45-29-42(68)33-67(45)52(71)50(55(2,3)4)66-53(72)56(58)23-24-56)46(28-39)75-26-11-6-5-10-25-59-47(69)32-63-77(73,74)43-21-19-41(20-22-43)64-54-61-31-44(57)48(65-54)38-16-12-15-37(27-38)36-13-8-7-9-14-36/h7-9,12-22,27-28,31,34,42,45,50,63,68H,5-6,10-11,23-26,29-30,32-33H2,1-4H3,(H,59,69)(H,60,70)(H,66,72)(H,61,64,65)/t42-,45+,50?/m1/s1. The zero-order valence-electron chi connectivity index (χ0n) is 43.3. The number of rotatable bonds is 23. The van der Waals surface area contributed by atoms with Gasteiger partial charge in [-0.2, -0.15) is 0 Å². The average molecular weight is 1110 g/mol. The first kappa shape index (κ1) is 56.4. The highest BCUT2D eigenvalue weighted by atomic mass is 35.5. The highest BCUT2D eigenvalue weighted by Crippen LogP contribution is 2.41. The van der Waals surface area contributed by atoms with E-state index in [9.17, 15) is 37.1 Å². The Labute approximate surface area is 456 Å². The summed E-state index contributed by atoms with van der Waals surface area (Å²) in [5, 5.41) is 22.4. The fourth-order valence-electron chi connectivity index (χ4n) is 8.82. The molecule has 17 nitrogen and oxygen atoms in total. The third kappa shape index (κ3) is 14.6. The van der Waals surface area contributed by atoms with Crippen molar-refractivity contribution < 1.29 is 41.8 Å². The minimum absolute atomic E-state index is 0.00219. The van der Waals surface area contributed by atoms with Crippen molar-refractivity contribution in [2.45, 2.75) is 108 Å². The molecule has 1 aliphatic carbocycles. The molecule has 0 bridgehead atoms. The van der Waals surface area contributed by atoms with Gasteiger partial charge in [0, 0.05) is 42.9 Å². The maximum absolute atomic E-state index is 14.7. The van der Waals surface area contributed by atoms with Crippen molar-refractivity contribution in [2.24, 2.45) is 5.41 Å². The summed E-state index contributed by atoms with van der Waals surface area (Å²) in [6.45, 7) is 7.37. The van der Waals surface area contributed by atoms with Crippen LogP contribution >= 0.6 is 22.9 Å². The molecule has 1 aliphatic heterocycles. The van der Waals surface area contributed by atoms with E-state index in [1.165, 1.54) is 34.6 Å². The Morgan fingerprint density at radius 2 is 1.62 bits per heavy atom. The molecule has 2 fully saturated rings. The number of alkyl halides is 1. The van der Waals surface area contributed by atoms with Crippen molar-refractivity contribution in [3.05, 3.63) is 125 Å². The number of unbranched alkanes of at least 4 members (excludes halogenated alkanes) is 3. The monoisotopic (exact) mass is 1110 g/mol. The van der Waals surface area contributed by atoms with Crippen molar-refractivity contribution in [1.82, 2.24) is 40.5 Å². The van der Waals surface area contributed by atoms with Gasteiger partial charge < -0.3 is 36.0 Å². The number of anilines is 2. The molecule has 0 spiro atoms. The lowest BCUT2D eigenvalue weighted by molar-refractivity contribution is -0.145. The fourth-order valence-corrected chi connectivity index (χ4v) is 10.8. The quantitative estimate of drug-likeness (QED) is 0.0333. The molecule has 1 unspecified atom stereocenters. The third-order valence-corrected chi connectivity index (χ3v) is 16.0. The molecular formula is C56H63ClFN9O8S2. The van der Waals surface area contributed by atoms with Gasteiger partial charge >= 0.3 is 0 Å². The smallest absolute Gasteiger partial charge is 0.258 e. The summed E-state index contributed by atoms with van der Waals surface area (Å²) < 4.78 is 49.6. The molecule has 2 aliphatic rings. The van der Waals surface area contributed by atoms with Crippen LogP contribution in [0, 0.1) is 12.3 Å². The first-order valence-corrected chi connectivity index (χ1v) is 28.3. The van der Waals surface area contributed by atoms with E-state index in [-0.39, 0.29) is 43.2 Å². The summed E-state index contributed by atoms with van der Waals surface area (Å²) in [5.74, 6) is -1.55. The lowest BCUT2D eigenvalue weighted by Gasteiger charge is -2.35. The maximum Gasteiger partial charge on any atom is 0.258 e. The lowest BCUT2D eigenvalue weighted by Crippen LogP contribution is -2.59. The Bertz CT molecular complexity index is 3190. The number of hydrogen-bond donors (Lipinski definition) is 6. The van der Waals surface area contributed by atoms with Crippen molar-refractivity contribution in [3.63, 3.8) is 0 Å². The van der Waals surface area contributed by atoms with Crippen LogP contribution in [0.2, 0.25) is 5.02 Å². The molecule has 3 atom stereocenters. The predicted octanol–water partition coefficient (Wildman–Crippen LogP) is 8.28. The Hall–Kier alpha value is -6.84. The average Bonchev–Trinajstić information content (AvgIpc) is 3.88. The number of aliphatic hydroxyl groups is 1. The topological polar surface area (TPSA) is 234 Å². The van der Waals surface area contributed by atoms with Crippen LogP contribution in [-0.2, 0) is 35.7 Å². The van der Waals surface area contributed by atoms with Crippen molar-refractivity contribution in [3.8, 4) is 38.6 Å². The number of nitrogens with zero attached hydrogens (tertiary/aromatic N) is 4. The van der Waals surface area contributed by atoms with Crippen LogP contribution in [-0.4, -0.2) is 107 Å². The summed E-state index contributed by atoms with van der Waals surface area (Å²) in [4.78, 5) is 68.6. The van der Waals surface area contributed by atoms with Crippen LogP contribution in [0.1, 0.15) is 77.0 Å². The number of aromatic nitrogens is 3. The van der Waals surface area contributed by atoms with E-state index in [1.54, 1.807) is 38.4 Å². The van der Waals surface area contributed by atoms with E-state index >= 15 is 0 Å². The number of aliphatic hydroxyl groups excluding tert-OH is 1. The second kappa shape index (κ2) is 24.7. The van der Waals surface area contributed by atoms with Gasteiger partial charge in [-0.25, -0.2) is 32.5 Å². The summed E-state index contributed by atoms with van der Waals surface area (Å²) in [6.07, 6.45) is 3.58. The molecule has 6 aromatic rings. The normalized spacial score (nSPS) is 16.3. The SMILES string of the molecule is Cc1ncsc1-c1ccc(CNC(=O)[C@@H]2C[C@@H](O)CN2C(=O)C(NC(=O)C2(F)CC2)C(C)(C)C)c(OCCCCCCNC(=O)CNS(=O)(=O)c2ccc(Nc3ncc(Cl)c(-c4cccc(-c5ccccc5)c4)n3)cc2)c1. The van der Waals surface area contributed by atoms with E-state index in [0.29, 0.717) is 53.7 Å². The Kier molecular flexibility index (Phi) is 18.0. The number of ether oxygens (including phenoxy) is 1. The predicted molar refractivity (Wildman–Crippen MR) is 295 cm³/mol. The molecule has 77 heavy (non-hydrogen) atoms. The number of likely N-dealkylation sites (tertiary alicyclic amines) is 1. The van der Waals surface area contributed by atoms with Crippen molar-refractivity contribution >= 4 is 68.2 Å². The highest BCUT2D eigenvalue weighted by Gasteiger charge is 2.53. The van der Waals surface area contributed by atoms with Gasteiger partial charge in [-0.3, -0.25) is 19.2 Å². The minimum atomic E-state index is -4.01. The highest BCUT2D eigenvalue weighted by molar-refractivity contribution is 7.89. The van der Waals surface area contributed by atoms with Gasteiger partial charge in [0.1, 0.15) is 17.8 Å². The van der Waals surface area contributed by atoms with Gasteiger partial charge in [0.2, 0.25) is 33.7 Å². The van der Waals surface area contributed by atoms with Crippen LogP contribution in [0.15, 0.2) is 114 Å². The Morgan fingerprint density at radius 3 is 2.34 bits per heavy atom. The lowest BCUT2D eigenvalue weighted by atomic mass is 9.85. The van der Waals surface area contributed by atoms with E-state index in [4.69, 9.17) is 16.3 Å². The van der Waals surface area contributed by atoms with E-state index in [1.807, 2.05) is 79.7 Å². The van der Waals surface area contributed by atoms with Gasteiger partial charge in [-0.1, -0.05) is 106 Å².